The molecule has 1 fully saturated rings. The highest BCUT2D eigenvalue weighted by molar-refractivity contribution is 5.91. The Morgan fingerprint density at radius 1 is 1.21 bits per heavy atom. The summed E-state index contributed by atoms with van der Waals surface area (Å²) in [7, 11) is 0. The van der Waals surface area contributed by atoms with Crippen LogP contribution in [-0.2, 0) is 11.3 Å². The summed E-state index contributed by atoms with van der Waals surface area (Å²) in [6.45, 7) is 2.90. The lowest BCUT2D eigenvalue weighted by atomic mass is 10.00. The van der Waals surface area contributed by atoms with Crippen molar-refractivity contribution < 1.29 is 18.7 Å². The number of oxazole rings is 1. The number of amides is 2. The first-order valence-electron chi connectivity index (χ1n) is 9.61. The first kappa shape index (κ1) is 19.9. The van der Waals surface area contributed by atoms with Crippen molar-refractivity contribution in [2.24, 2.45) is 0 Å². The number of aromatic nitrogens is 1. The monoisotopic (exact) mass is 386 g/mol. The standard InChI is InChI=1S/C20H26N4O4/c25-18(17-14-27-19(24-17)16-8-4-9-21-12-16)22-10-5-11-23-20(26)28-13-15-6-2-1-3-7-15/h1-3,6-7,14,16,21H,4-5,8-13H2,(H,22,25)(H,23,26). The van der Waals surface area contributed by atoms with E-state index in [4.69, 9.17) is 9.15 Å². The molecule has 3 rings (SSSR count). The van der Waals surface area contributed by atoms with E-state index in [0.29, 0.717) is 25.4 Å². The maximum absolute atomic E-state index is 12.1. The smallest absolute Gasteiger partial charge is 0.407 e. The third-order valence-electron chi connectivity index (χ3n) is 4.52. The van der Waals surface area contributed by atoms with Crippen LogP contribution >= 0.6 is 0 Å². The Bertz CT molecular complexity index is 757. The van der Waals surface area contributed by atoms with Crippen LogP contribution in [0.15, 0.2) is 41.0 Å². The molecular formula is C20H26N4O4. The van der Waals surface area contributed by atoms with E-state index in [-0.39, 0.29) is 24.1 Å². The number of carbonyl (C=O) groups excluding carboxylic acids is 2. The van der Waals surface area contributed by atoms with Crippen LogP contribution < -0.4 is 16.0 Å². The molecule has 0 aliphatic carbocycles. The van der Waals surface area contributed by atoms with Gasteiger partial charge in [0.25, 0.3) is 5.91 Å². The zero-order chi connectivity index (χ0) is 19.6. The molecule has 1 aromatic carbocycles. The number of hydrogen-bond acceptors (Lipinski definition) is 6. The molecule has 0 spiro atoms. The molecule has 2 heterocycles. The number of alkyl carbamates (subject to hydrolysis) is 1. The van der Waals surface area contributed by atoms with Gasteiger partial charge >= 0.3 is 6.09 Å². The predicted molar refractivity (Wildman–Crippen MR) is 103 cm³/mol. The van der Waals surface area contributed by atoms with E-state index >= 15 is 0 Å². The van der Waals surface area contributed by atoms with Crippen molar-refractivity contribution >= 4 is 12.0 Å². The maximum Gasteiger partial charge on any atom is 0.407 e. The molecule has 1 unspecified atom stereocenters. The van der Waals surface area contributed by atoms with Crippen LogP contribution in [0.3, 0.4) is 0 Å². The average Bonchev–Trinajstić information content (AvgIpc) is 3.24. The molecule has 1 aliphatic rings. The van der Waals surface area contributed by atoms with Crippen molar-refractivity contribution in [2.45, 2.75) is 31.8 Å². The summed E-state index contributed by atoms with van der Waals surface area (Å²) in [4.78, 5) is 28.1. The van der Waals surface area contributed by atoms with Crippen LogP contribution in [0, 0.1) is 0 Å². The summed E-state index contributed by atoms with van der Waals surface area (Å²) < 4.78 is 10.6. The Morgan fingerprint density at radius 2 is 2.04 bits per heavy atom. The van der Waals surface area contributed by atoms with E-state index in [1.54, 1.807) is 0 Å². The molecule has 2 aromatic rings. The molecule has 8 heteroatoms. The second-order valence-corrected chi connectivity index (χ2v) is 6.71. The van der Waals surface area contributed by atoms with Gasteiger partial charge in [-0.25, -0.2) is 9.78 Å². The molecule has 8 nitrogen and oxygen atoms in total. The molecule has 1 aromatic heterocycles. The minimum atomic E-state index is -0.475. The van der Waals surface area contributed by atoms with Crippen molar-refractivity contribution in [1.82, 2.24) is 20.9 Å². The first-order chi connectivity index (χ1) is 13.7. The van der Waals surface area contributed by atoms with Gasteiger partial charge < -0.3 is 25.1 Å². The van der Waals surface area contributed by atoms with Gasteiger partial charge in [0.1, 0.15) is 12.9 Å². The number of ether oxygens (including phenoxy) is 1. The molecular weight excluding hydrogens is 360 g/mol. The van der Waals surface area contributed by atoms with Gasteiger partial charge in [0.2, 0.25) is 0 Å². The Labute approximate surface area is 164 Å². The van der Waals surface area contributed by atoms with Gasteiger partial charge in [-0.1, -0.05) is 30.3 Å². The minimum Gasteiger partial charge on any atom is -0.448 e. The molecule has 1 saturated heterocycles. The molecule has 2 amide bonds. The molecule has 0 bridgehead atoms. The second kappa shape index (κ2) is 10.5. The van der Waals surface area contributed by atoms with E-state index < -0.39 is 6.09 Å². The summed E-state index contributed by atoms with van der Waals surface area (Å²) in [5, 5.41) is 8.74. The lowest BCUT2D eigenvalue weighted by molar-refractivity contribution is 0.0948. The highest BCUT2D eigenvalue weighted by Gasteiger charge is 2.21. The number of rotatable bonds is 8. The molecule has 150 valence electrons. The first-order valence-corrected chi connectivity index (χ1v) is 9.61. The molecule has 28 heavy (non-hydrogen) atoms. The van der Waals surface area contributed by atoms with Crippen molar-refractivity contribution in [3.05, 3.63) is 53.7 Å². The summed E-state index contributed by atoms with van der Waals surface area (Å²) in [5.41, 5.74) is 1.22. The zero-order valence-electron chi connectivity index (χ0n) is 15.8. The van der Waals surface area contributed by atoms with E-state index in [2.05, 4.69) is 20.9 Å². The van der Waals surface area contributed by atoms with Gasteiger partial charge in [-0.3, -0.25) is 4.79 Å². The van der Waals surface area contributed by atoms with E-state index in [1.165, 1.54) is 6.26 Å². The Balaban J connectivity index is 1.29. The van der Waals surface area contributed by atoms with E-state index in [1.807, 2.05) is 30.3 Å². The largest absolute Gasteiger partial charge is 0.448 e. The molecule has 1 aliphatic heterocycles. The Morgan fingerprint density at radius 3 is 2.82 bits per heavy atom. The topological polar surface area (TPSA) is 105 Å². The van der Waals surface area contributed by atoms with Gasteiger partial charge in [-0.15, -0.1) is 0 Å². The van der Waals surface area contributed by atoms with Gasteiger partial charge in [0.15, 0.2) is 11.6 Å². The molecule has 1 atom stereocenters. The summed E-state index contributed by atoms with van der Waals surface area (Å²) >= 11 is 0. The normalized spacial score (nSPS) is 16.4. The van der Waals surface area contributed by atoms with Gasteiger partial charge in [0, 0.05) is 25.6 Å². The van der Waals surface area contributed by atoms with Crippen LogP contribution in [0.1, 0.15) is 47.1 Å². The summed E-state index contributed by atoms with van der Waals surface area (Å²) in [5.74, 6) is 0.562. The molecule has 0 radical (unpaired) electrons. The van der Waals surface area contributed by atoms with Gasteiger partial charge in [-0.2, -0.15) is 0 Å². The average molecular weight is 386 g/mol. The lowest BCUT2D eigenvalue weighted by Gasteiger charge is -2.19. The zero-order valence-corrected chi connectivity index (χ0v) is 15.8. The number of hydrogen-bond donors (Lipinski definition) is 3. The lowest BCUT2D eigenvalue weighted by Crippen LogP contribution is -2.30. The minimum absolute atomic E-state index is 0.224. The fourth-order valence-electron chi connectivity index (χ4n) is 2.99. The third kappa shape index (κ3) is 6.09. The number of piperidine rings is 1. The highest BCUT2D eigenvalue weighted by atomic mass is 16.5. The Kier molecular flexibility index (Phi) is 7.43. The molecule has 0 saturated carbocycles. The van der Waals surface area contributed by atoms with Crippen molar-refractivity contribution in [2.75, 3.05) is 26.2 Å². The highest BCUT2D eigenvalue weighted by Crippen LogP contribution is 2.22. The van der Waals surface area contributed by atoms with Crippen LogP contribution in [0.5, 0.6) is 0 Å². The predicted octanol–water partition coefficient (Wildman–Crippen LogP) is 2.19. The van der Waals surface area contributed by atoms with E-state index in [9.17, 15) is 9.59 Å². The van der Waals surface area contributed by atoms with Crippen LogP contribution in [0.2, 0.25) is 0 Å². The quantitative estimate of drug-likeness (QED) is 0.601. The fraction of sp³-hybridized carbons (Fsp3) is 0.450. The maximum atomic E-state index is 12.1. The number of nitrogens with zero attached hydrogens (tertiary/aromatic N) is 1. The van der Waals surface area contributed by atoms with E-state index in [0.717, 1.165) is 31.5 Å². The number of carbonyl (C=O) groups is 2. The molecule has 3 N–H and O–H groups in total. The number of nitrogens with one attached hydrogen (secondary N) is 3. The second-order valence-electron chi connectivity index (χ2n) is 6.71. The van der Waals surface area contributed by atoms with Gasteiger partial charge in [-0.05, 0) is 31.4 Å². The number of benzene rings is 1. The Hall–Kier alpha value is -2.87. The van der Waals surface area contributed by atoms with Crippen LogP contribution in [0.4, 0.5) is 4.79 Å². The van der Waals surface area contributed by atoms with Crippen LogP contribution in [0.25, 0.3) is 0 Å². The van der Waals surface area contributed by atoms with Crippen molar-refractivity contribution in [3.63, 3.8) is 0 Å². The fourth-order valence-corrected chi connectivity index (χ4v) is 2.99. The summed E-state index contributed by atoms with van der Waals surface area (Å²) in [6, 6.07) is 9.48. The van der Waals surface area contributed by atoms with Crippen molar-refractivity contribution in [3.8, 4) is 0 Å². The van der Waals surface area contributed by atoms with Crippen LogP contribution in [-0.4, -0.2) is 43.2 Å². The summed E-state index contributed by atoms with van der Waals surface area (Å²) in [6.07, 6.45) is 3.61. The van der Waals surface area contributed by atoms with Crippen molar-refractivity contribution in [1.29, 1.82) is 0 Å². The third-order valence-corrected chi connectivity index (χ3v) is 4.52. The van der Waals surface area contributed by atoms with Gasteiger partial charge in [0.05, 0.1) is 0 Å². The SMILES string of the molecule is O=C(NCCCNC(=O)c1coc(C2CCCNC2)n1)OCc1ccccc1.